The minimum Gasteiger partial charge on any atom is -0.496 e. The normalized spacial score (nSPS) is 10.2. The lowest BCUT2D eigenvalue weighted by Gasteiger charge is -2.15. The molecule has 0 aromatic heterocycles. The molecule has 2 aromatic rings. The Morgan fingerprint density at radius 1 is 1.18 bits per heavy atom. The zero-order valence-corrected chi connectivity index (χ0v) is 12.8. The zero-order valence-electron chi connectivity index (χ0n) is 12.8. The number of amides is 1. The maximum atomic E-state index is 13.1. The van der Waals surface area contributed by atoms with Crippen LogP contribution in [0.3, 0.4) is 0 Å². The Labute approximate surface area is 128 Å². The maximum Gasteiger partial charge on any atom is 0.251 e. The van der Waals surface area contributed by atoms with Crippen molar-refractivity contribution in [2.45, 2.75) is 13.5 Å². The molecule has 0 fully saturated rings. The van der Waals surface area contributed by atoms with Gasteiger partial charge in [0.2, 0.25) is 0 Å². The van der Waals surface area contributed by atoms with Crippen LogP contribution in [0.4, 0.5) is 4.39 Å². The largest absolute Gasteiger partial charge is 0.496 e. The smallest absolute Gasteiger partial charge is 0.251 e. The predicted molar refractivity (Wildman–Crippen MR) is 81.9 cm³/mol. The first-order valence-corrected chi connectivity index (χ1v) is 6.81. The average Bonchev–Trinajstić information content (AvgIpc) is 2.52. The van der Waals surface area contributed by atoms with Gasteiger partial charge in [-0.15, -0.1) is 0 Å². The lowest BCUT2D eigenvalue weighted by molar-refractivity contribution is 0.0950. The van der Waals surface area contributed by atoms with E-state index >= 15 is 0 Å². The van der Waals surface area contributed by atoms with Crippen molar-refractivity contribution in [1.82, 2.24) is 5.32 Å². The van der Waals surface area contributed by atoms with Crippen LogP contribution in [0.1, 0.15) is 21.5 Å². The van der Waals surface area contributed by atoms with Gasteiger partial charge in [0.05, 0.1) is 14.2 Å². The third-order valence-electron chi connectivity index (χ3n) is 3.39. The first-order valence-electron chi connectivity index (χ1n) is 6.81. The topological polar surface area (TPSA) is 47.6 Å². The molecule has 2 aromatic carbocycles. The van der Waals surface area contributed by atoms with E-state index in [4.69, 9.17) is 9.47 Å². The fraction of sp³-hybridized carbons (Fsp3) is 0.235. The van der Waals surface area contributed by atoms with Crippen LogP contribution >= 0.6 is 0 Å². The number of methoxy groups -OCH3 is 2. The molecule has 4 nitrogen and oxygen atoms in total. The molecule has 0 aliphatic carbocycles. The SMILES string of the molecule is COc1ccc(CNC(=O)c2cccc(F)c2)c(OC)c1C. The molecule has 0 radical (unpaired) electrons. The van der Waals surface area contributed by atoms with Crippen LogP contribution in [0.15, 0.2) is 36.4 Å². The van der Waals surface area contributed by atoms with Gasteiger partial charge in [-0.2, -0.15) is 0 Å². The van der Waals surface area contributed by atoms with Crippen molar-refractivity contribution in [1.29, 1.82) is 0 Å². The number of ether oxygens (including phenoxy) is 2. The summed E-state index contributed by atoms with van der Waals surface area (Å²) < 4.78 is 23.8. The molecule has 0 atom stereocenters. The lowest BCUT2D eigenvalue weighted by atomic mass is 10.1. The van der Waals surface area contributed by atoms with E-state index in [2.05, 4.69) is 5.32 Å². The summed E-state index contributed by atoms with van der Waals surface area (Å²) in [5, 5.41) is 2.76. The molecule has 0 bridgehead atoms. The van der Waals surface area contributed by atoms with Crippen molar-refractivity contribution in [3.8, 4) is 11.5 Å². The van der Waals surface area contributed by atoms with Crippen LogP contribution in [0.5, 0.6) is 11.5 Å². The van der Waals surface area contributed by atoms with Crippen molar-refractivity contribution < 1.29 is 18.7 Å². The molecule has 0 saturated carbocycles. The number of nitrogens with one attached hydrogen (secondary N) is 1. The van der Waals surface area contributed by atoms with Gasteiger partial charge >= 0.3 is 0 Å². The van der Waals surface area contributed by atoms with E-state index in [-0.39, 0.29) is 18.0 Å². The number of halogens is 1. The van der Waals surface area contributed by atoms with Gasteiger partial charge in [0.15, 0.2) is 0 Å². The highest BCUT2D eigenvalue weighted by molar-refractivity contribution is 5.94. The van der Waals surface area contributed by atoms with E-state index < -0.39 is 5.82 Å². The molecule has 0 unspecified atom stereocenters. The van der Waals surface area contributed by atoms with E-state index in [0.29, 0.717) is 5.75 Å². The third-order valence-corrected chi connectivity index (χ3v) is 3.39. The van der Waals surface area contributed by atoms with E-state index in [1.165, 1.54) is 18.2 Å². The third kappa shape index (κ3) is 3.36. The van der Waals surface area contributed by atoms with Crippen LogP contribution in [0.25, 0.3) is 0 Å². The molecule has 1 amide bonds. The van der Waals surface area contributed by atoms with Crippen molar-refractivity contribution in [3.63, 3.8) is 0 Å². The van der Waals surface area contributed by atoms with Gasteiger partial charge in [-0.05, 0) is 37.3 Å². The van der Waals surface area contributed by atoms with Crippen LogP contribution in [0, 0.1) is 12.7 Å². The molecule has 0 saturated heterocycles. The van der Waals surface area contributed by atoms with Crippen LogP contribution < -0.4 is 14.8 Å². The monoisotopic (exact) mass is 303 g/mol. The quantitative estimate of drug-likeness (QED) is 0.923. The fourth-order valence-electron chi connectivity index (χ4n) is 2.28. The van der Waals surface area contributed by atoms with Crippen LogP contribution in [-0.4, -0.2) is 20.1 Å². The summed E-state index contributed by atoms with van der Waals surface area (Å²) in [6, 6.07) is 9.22. The number of carbonyl (C=O) groups excluding carboxylic acids is 1. The Morgan fingerprint density at radius 3 is 2.59 bits per heavy atom. The maximum absolute atomic E-state index is 13.1. The van der Waals surface area contributed by atoms with E-state index in [9.17, 15) is 9.18 Å². The number of carbonyl (C=O) groups is 1. The highest BCUT2D eigenvalue weighted by Crippen LogP contribution is 2.31. The highest BCUT2D eigenvalue weighted by atomic mass is 19.1. The summed E-state index contributed by atoms with van der Waals surface area (Å²) >= 11 is 0. The second-order valence-corrected chi connectivity index (χ2v) is 4.78. The number of hydrogen-bond acceptors (Lipinski definition) is 3. The number of rotatable bonds is 5. The lowest BCUT2D eigenvalue weighted by Crippen LogP contribution is -2.23. The Hall–Kier alpha value is -2.56. The molecule has 1 N–H and O–H groups in total. The van der Waals surface area contributed by atoms with Gasteiger partial charge in [-0.25, -0.2) is 4.39 Å². The summed E-state index contributed by atoms with van der Waals surface area (Å²) in [6.45, 7) is 2.17. The summed E-state index contributed by atoms with van der Waals surface area (Å²) in [6.07, 6.45) is 0. The van der Waals surface area contributed by atoms with E-state index in [1.807, 2.05) is 19.1 Å². The number of hydrogen-bond donors (Lipinski definition) is 1. The molecule has 0 aliphatic rings. The van der Waals surface area contributed by atoms with Gasteiger partial charge in [0.25, 0.3) is 5.91 Å². The Bertz CT molecular complexity index is 686. The molecule has 22 heavy (non-hydrogen) atoms. The van der Waals surface area contributed by atoms with Gasteiger partial charge in [-0.1, -0.05) is 6.07 Å². The Morgan fingerprint density at radius 2 is 1.95 bits per heavy atom. The summed E-state index contributed by atoms with van der Waals surface area (Å²) in [5.41, 5.74) is 1.97. The molecule has 5 heteroatoms. The summed E-state index contributed by atoms with van der Waals surface area (Å²) in [5.74, 6) is 0.608. The second kappa shape index (κ2) is 6.93. The standard InChI is InChI=1S/C17H18FNO3/c1-11-15(21-2)8-7-13(16(11)22-3)10-19-17(20)12-5-4-6-14(18)9-12/h4-9H,10H2,1-3H3,(H,19,20). The highest BCUT2D eigenvalue weighted by Gasteiger charge is 2.13. The van der Waals surface area contributed by atoms with Crippen molar-refractivity contribution >= 4 is 5.91 Å². The Balaban J connectivity index is 2.15. The van der Waals surface area contributed by atoms with Gasteiger partial charge in [-0.3, -0.25) is 4.79 Å². The van der Waals surface area contributed by atoms with Gasteiger partial charge in [0, 0.05) is 23.2 Å². The van der Waals surface area contributed by atoms with Gasteiger partial charge < -0.3 is 14.8 Å². The first-order chi connectivity index (χ1) is 10.6. The Kier molecular flexibility index (Phi) is 4.99. The molecule has 116 valence electrons. The molecule has 0 spiro atoms. The molecule has 2 rings (SSSR count). The summed E-state index contributed by atoms with van der Waals surface area (Å²) in [4.78, 5) is 12.0. The minimum atomic E-state index is -0.439. The van der Waals surface area contributed by atoms with Crippen LogP contribution in [0.2, 0.25) is 0 Å². The van der Waals surface area contributed by atoms with Gasteiger partial charge in [0.1, 0.15) is 17.3 Å². The molecule has 0 heterocycles. The molecular weight excluding hydrogens is 285 g/mol. The summed E-state index contributed by atoms with van der Waals surface area (Å²) in [7, 11) is 3.16. The fourth-order valence-corrected chi connectivity index (χ4v) is 2.28. The molecular formula is C17H18FNO3. The minimum absolute atomic E-state index is 0.281. The second-order valence-electron chi connectivity index (χ2n) is 4.78. The van der Waals surface area contributed by atoms with E-state index in [0.717, 1.165) is 16.9 Å². The van der Waals surface area contributed by atoms with Crippen molar-refractivity contribution in [2.24, 2.45) is 0 Å². The van der Waals surface area contributed by atoms with Crippen molar-refractivity contribution in [3.05, 3.63) is 58.9 Å². The first kappa shape index (κ1) is 15.8. The van der Waals surface area contributed by atoms with Crippen LogP contribution in [-0.2, 0) is 6.54 Å². The van der Waals surface area contributed by atoms with E-state index in [1.54, 1.807) is 20.3 Å². The molecule has 0 aliphatic heterocycles. The average molecular weight is 303 g/mol. The van der Waals surface area contributed by atoms with Crippen molar-refractivity contribution in [2.75, 3.05) is 14.2 Å². The predicted octanol–water partition coefficient (Wildman–Crippen LogP) is 3.08. The zero-order chi connectivity index (χ0) is 16.1. The number of benzene rings is 2.